The van der Waals surface area contributed by atoms with E-state index in [1.807, 2.05) is 36.1 Å². The van der Waals surface area contributed by atoms with Gasteiger partial charge in [-0.1, -0.05) is 32.0 Å². The largest absolute Gasteiger partial charge is 0.332 e. The molecular weight excluding hydrogens is 372 g/mol. The normalized spacial score (nSPS) is 15.1. The quantitative estimate of drug-likeness (QED) is 0.780. The number of carbonyl (C=O) groups excluding carboxylic acids is 1. The predicted molar refractivity (Wildman–Crippen MR) is 114 cm³/mol. The van der Waals surface area contributed by atoms with Crippen LogP contribution in [0.4, 0.5) is 5.69 Å². The highest BCUT2D eigenvalue weighted by molar-refractivity contribution is 7.92. The van der Waals surface area contributed by atoms with E-state index in [2.05, 4.69) is 31.6 Å². The minimum absolute atomic E-state index is 0.111. The third-order valence-corrected chi connectivity index (χ3v) is 5.68. The lowest BCUT2D eigenvalue weighted by atomic mass is 9.96. The van der Waals surface area contributed by atoms with Gasteiger partial charge in [-0.05, 0) is 66.6 Å². The molecule has 1 aliphatic rings. The van der Waals surface area contributed by atoms with Crippen molar-refractivity contribution in [1.29, 1.82) is 0 Å². The van der Waals surface area contributed by atoms with Crippen molar-refractivity contribution in [2.24, 2.45) is 5.92 Å². The number of sulfonamides is 1. The molecule has 1 amide bonds. The summed E-state index contributed by atoms with van der Waals surface area (Å²) >= 11 is 0. The standard InChI is InChI=1S/C22H28N2O3S/c1-14(2)9-16(4)24-13-19-11-18(10-15(3)21(19)22(24)25)17-7-6-8-20(12-17)23-28(5,26)27/h6-8,10-12,14,16,23H,9,13H2,1-5H3. The highest BCUT2D eigenvalue weighted by Crippen LogP contribution is 2.34. The first-order valence-corrected chi connectivity index (χ1v) is 11.5. The Bertz CT molecular complexity index is 1010. The van der Waals surface area contributed by atoms with Crippen LogP contribution in [0.15, 0.2) is 36.4 Å². The van der Waals surface area contributed by atoms with E-state index in [4.69, 9.17) is 0 Å². The summed E-state index contributed by atoms with van der Waals surface area (Å²) in [5.74, 6) is 0.646. The first-order valence-electron chi connectivity index (χ1n) is 9.58. The van der Waals surface area contributed by atoms with Gasteiger partial charge in [-0.3, -0.25) is 9.52 Å². The molecule has 0 aliphatic carbocycles. The van der Waals surface area contributed by atoms with Crippen LogP contribution in [0.25, 0.3) is 11.1 Å². The molecule has 2 aromatic carbocycles. The van der Waals surface area contributed by atoms with Gasteiger partial charge in [0.05, 0.1) is 6.26 Å². The van der Waals surface area contributed by atoms with Crippen molar-refractivity contribution in [3.05, 3.63) is 53.1 Å². The maximum absolute atomic E-state index is 12.9. The van der Waals surface area contributed by atoms with E-state index in [1.54, 1.807) is 6.07 Å². The molecule has 6 heteroatoms. The van der Waals surface area contributed by atoms with Crippen LogP contribution in [-0.4, -0.2) is 31.5 Å². The Morgan fingerprint density at radius 1 is 1.11 bits per heavy atom. The second-order valence-corrected chi connectivity index (χ2v) is 9.94. The van der Waals surface area contributed by atoms with Gasteiger partial charge >= 0.3 is 0 Å². The fraction of sp³-hybridized carbons (Fsp3) is 0.409. The second kappa shape index (κ2) is 7.59. The van der Waals surface area contributed by atoms with Crippen LogP contribution in [0, 0.1) is 12.8 Å². The molecule has 0 aromatic heterocycles. The van der Waals surface area contributed by atoms with E-state index < -0.39 is 10.0 Å². The molecule has 0 radical (unpaired) electrons. The van der Waals surface area contributed by atoms with Crippen LogP contribution in [-0.2, 0) is 16.6 Å². The van der Waals surface area contributed by atoms with Crippen LogP contribution in [0.5, 0.6) is 0 Å². The number of benzene rings is 2. The van der Waals surface area contributed by atoms with E-state index in [-0.39, 0.29) is 11.9 Å². The van der Waals surface area contributed by atoms with E-state index in [1.165, 1.54) is 0 Å². The van der Waals surface area contributed by atoms with Crippen LogP contribution < -0.4 is 4.72 Å². The molecule has 150 valence electrons. The summed E-state index contributed by atoms with van der Waals surface area (Å²) in [4.78, 5) is 14.9. The molecule has 0 spiro atoms. The number of amides is 1. The average Bonchev–Trinajstić information content (AvgIpc) is 2.90. The summed E-state index contributed by atoms with van der Waals surface area (Å²) in [7, 11) is -3.33. The summed E-state index contributed by atoms with van der Waals surface area (Å²) in [6.07, 6.45) is 2.11. The smallest absolute Gasteiger partial charge is 0.255 e. The molecule has 1 N–H and O–H groups in total. The number of hydrogen-bond acceptors (Lipinski definition) is 3. The van der Waals surface area contributed by atoms with Crippen LogP contribution >= 0.6 is 0 Å². The van der Waals surface area contributed by atoms with Crippen LogP contribution in [0.2, 0.25) is 0 Å². The minimum atomic E-state index is -3.33. The summed E-state index contributed by atoms with van der Waals surface area (Å²) in [6.45, 7) is 9.05. The maximum atomic E-state index is 12.9. The molecule has 1 aliphatic heterocycles. The Hall–Kier alpha value is -2.34. The molecule has 0 fully saturated rings. The van der Waals surface area contributed by atoms with Crippen molar-refractivity contribution in [1.82, 2.24) is 4.90 Å². The molecule has 0 saturated heterocycles. The van der Waals surface area contributed by atoms with Crippen molar-refractivity contribution in [3.8, 4) is 11.1 Å². The Balaban J connectivity index is 1.94. The first-order chi connectivity index (χ1) is 13.0. The molecule has 28 heavy (non-hydrogen) atoms. The van der Waals surface area contributed by atoms with Crippen LogP contribution in [0.3, 0.4) is 0 Å². The molecule has 0 bridgehead atoms. The lowest BCUT2D eigenvalue weighted by Crippen LogP contribution is -2.34. The van der Waals surface area contributed by atoms with Crippen molar-refractivity contribution in [3.63, 3.8) is 0 Å². The Kier molecular flexibility index (Phi) is 5.53. The van der Waals surface area contributed by atoms with Gasteiger partial charge in [0.15, 0.2) is 0 Å². The molecule has 1 unspecified atom stereocenters. The number of aryl methyl sites for hydroxylation is 1. The van der Waals surface area contributed by atoms with E-state index >= 15 is 0 Å². The SMILES string of the molecule is Cc1cc(-c2cccc(NS(C)(=O)=O)c2)cc2c1C(=O)N(C(C)CC(C)C)C2. The van der Waals surface area contributed by atoms with Gasteiger partial charge in [-0.25, -0.2) is 8.42 Å². The van der Waals surface area contributed by atoms with Gasteiger partial charge in [0.2, 0.25) is 10.0 Å². The molecule has 5 nitrogen and oxygen atoms in total. The van der Waals surface area contributed by atoms with E-state index in [0.29, 0.717) is 18.2 Å². The first kappa shape index (κ1) is 20.4. The van der Waals surface area contributed by atoms with Crippen molar-refractivity contribution in [2.45, 2.75) is 46.7 Å². The fourth-order valence-corrected chi connectivity index (χ4v) is 4.55. The monoisotopic (exact) mass is 400 g/mol. The molecule has 0 saturated carbocycles. The van der Waals surface area contributed by atoms with Crippen LogP contribution in [0.1, 0.15) is 48.7 Å². The molecular formula is C22H28N2O3S. The Morgan fingerprint density at radius 3 is 2.46 bits per heavy atom. The van der Waals surface area contributed by atoms with Gasteiger partial charge in [0.1, 0.15) is 0 Å². The lowest BCUT2D eigenvalue weighted by molar-refractivity contribution is 0.0698. The highest BCUT2D eigenvalue weighted by atomic mass is 32.2. The summed E-state index contributed by atoms with van der Waals surface area (Å²) in [6, 6.07) is 11.6. The third-order valence-electron chi connectivity index (χ3n) is 5.08. The number of nitrogens with zero attached hydrogens (tertiary/aromatic N) is 1. The second-order valence-electron chi connectivity index (χ2n) is 8.19. The third kappa shape index (κ3) is 4.38. The highest BCUT2D eigenvalue weighted by Gasteiger charge is 2.32. The number of rotatable bonds is 6. The lowest BCUT2D eigenvalue weighted by Gasteiger charge is -2.25. The van der Waals surface area contributed by atoms with E-state index in [9.17, 15) is 13.2 Å². The minimum Gasteiger partial charge on any atom is -0.332 e. The Labute approximate surface area is 167 Å². The summed E-state index contributed by atoms with van der Waals surface area (Å²) < 4.78 is 25.5. The maximum Gasteiger partial charge on any atom is 0.255 e. The van der Waals surface area contributed by atoms with Gasteiger partial charge in [0, 0.05) is 23.8 Å². The number of carbonyl (C=O) groups is 1. The van der Waals surface area contributed by atoms with Gasteiger partial charge < -0.3 is 4.90 Å². The molecule has 2 aromatic rings. The van der Waals surface area contributed by atoms with E-state index in [0.717, 1.165) is 40.5 Å². The average molecular weight is 401 g/mol. The molecule has 3 rings (SSSR count). The predicted octanol–water partition coefficient (Wildman–Crippen LogP) is 4.42. The van der Waals surface area contributed by atoms with Crippen molar-refractivity contribution in [2.75, 3.05) is 11.0 Å². The number of anilines is 1. The fourth-order valence-electron chi connectivity index (χ4n) is 4.00. The van der Waals surface area contributed by atoms with Gasteiger partial charge in [-0.2, -0.15) is 0 Å². The Morgan fingerprint density at radius 2 is 1.82 bits per heavy atom. The van der Waals surface area contributed by atoms with Crippen molar-refractivity contribution < 1.29 is 13.2 Å². The number of fused-ring (bicyclic) bond motifs is 1. The zero-order chi connectivity index (χ0) is 20.6. The molecule has 1 heterocycles. The topological polar surface area (TPSA) is 66.5 Å². The zero-order valence-electron chi connectivity index (χ0n) is 17.1. The van der Waals surface area contributed by atoms with Gasteiger partial charge in [-0.15, -0.1) is 0 Å². The molecule has 1 atom stereocenters. The summed E-state index contributed by atoms with van der Waals surface area (Å²) in [5, 5.41) is 0. The van der Waals surface area contributed by atoms with Crippen molar-refractivity contribution >= 4 is 21.6 Å². The van der Waals surface area contributed by atoms with Gasteiger partial charge in [0.25, 0.3) is 5.91 Å². The summed E-state index contributed by atoms with van der Waals surface area (Å²) in [5.41, 5.74) is 5.24. The number of hydrogen-bond donors (Lipinski definition) is 1. The zero-order valence-corrected chi connectivity index (χ0v) is 17.9. The number of nitrogens with one attached hydrogen (secondary N) is 1.